The van der Waals surface area contributed by atoms with E-state index < -0.39 is 0 Å². The smallest absolute Gasteiger partial charge is 0.0343 e. The summed E-state index contributed by atoms with van der Waals surface area (Å²) in [5.74, 6) is 3.69. The van der Waals surface area contributed by atoms with E-state index in [9.17, 15) is 0 Å². The van der Waals surface area contributed by atoms with Gasteiger partial charge in [-0.05, 0) is 117 Å². The number of fused-ring (bicyclic) bond motifs is 5. The molecule has 7 atom stereocenters. The second-order valence-electron chi connectivity index (χ2n) is 11.1. The minimum atomic E-state index is 0.369. The summed E-state index contributed by atoms with van der Waals surface area (Å²) in [6.07, 6.45) is 17.9. The summed E-state index contributed by atoms with van der Waals surface area (Å²) < 4.78 is 0. The second-order valence-corrected chi connectivity index (χ2v) is 11.1. The Balaban J connectivity index is 1.40. The first-order chi connectivity index (χ1) is 13.4. The molecule has 4 aliphatic carbocycles. The molecule has 1 aromatic heterocycles. The quantitative estimate of drug-likeness (QED) is 0.623. The first kappa shape index (κ1) is 18.9. The van der Waals surface area contributed by atoms with Gasteiger partial charge in [0, 0.05) is 18.4 Å². The molecule has 0 aromatic carbocycles. The highest BCUT2D eigenvalue weighted by atomic mass is 15.1. The first-order valence-corrected chi connectivity index (χ1v) is 11.7. The molecule has 3 fully saturated rings. The SMILES string of the molecule is CN(C)C1CC[C@@]2(C)[C@@H](CC[C@H]3[C@@H]4CC=C(c5cccnc5)C4(C)CC[C@@H]32)C1. The fourth-order valence-electron chi connectivity index (χ4n) is 8.24. The summed E-state index contributed by atoms with van der Waals surface area (Å²) in [6, 6.07) is 5.20. The fraction of sp³-hybridized carbons (Fsp3) is 0.731. The topological polar surface area (TPSA) is 16.1 Å². The van der Waals surface area contributed by atoms with Crippen molar-refractivity contribution in [3.8, 4) is 0 Å². The van der Waals surface area contributed by atoms with Gasteiger partial charge in [-0.3, -0.25) is 4.98 Å². The molecule has 1 heterocycles. The van der Waals surface area contributed by atoms with Gasteiger partial charge in [0.05, 0.1) is 0 Å². The van der Waals surface area contributed by atoms with Crippen LogP contribution in [0.2, 0.25) is 0 Å². The number of pyridine rings is 1. The Kier molecular flexibility index (Phi) is 4.50. The molecule has 5 rings (SSSR count). The summed E-state index contributed by atoms with van der Waals surface area (Å²) in [4.78, 5) is 6.91. The van der Waals surface area contributed by atoms with Crippen molar-refractivity contribution in [2.24, 2.45) is 34.5 Å². The average Bonchev–Trinajstić information content (AvgIpc) is 3.05. The van der Waals surface area contributed by atoms with E-state index in [0.717, 1.165) is 29.7 Å². The van der Waals surface area contributed by atoms with Crippen LogP contribution in [-0.4, -0.2) is 30.0 Å². The Morgan fingerprint density at radius 3 is 2.64 bits per heavy atom. The minimum Gasteiger partial charge on any atom is -0.306 e. The van der Waals surface area contributed by atoms with Gasteiger partial charge in [0.2, 0.25) is 0 Å². The molecule has 2 unspecified atom stereocenters. The van der Waals surface area contributed by atoms with Crippen molar-refractivity contribution in [2.75, 3.05) is 14.1 Å². The lowest BCUT2D eigenvalue weighted by molar-refractivity contribution is -0.106. The summed E-state index contributed by atoms with van der Waals surface area (Å²) in [5.41, 5.74) is 3.94. The highest BCUT2D eigenvalue weighted by Crippen LogP contribution is 2.67. The molecular weight excluding hydrogens is 340 g/mol. The molecule has 0 radical (unpaired) electrons. The maximum absolute atomic E-state index is 4.42. The number of rotatable bonds is 2. The Labute approximate surface area is 171 Å². The molecule has 3 saturated carbocycles. The van der Waals surface area contributed by atoms with Gasteiger partial charge in [0.25, 0.3) is 0 Å². The Bertz CT molecular complexity index is 753. The average molecular weight is 379 g/mol. The third kappa shape index (κ3) is 2.66. The number of nitrogens with zero attached hydrogens (tertiary/aromatic N) is 2. The van der Waals surface area contributed by atoms with E-state index >= 15 is 0 Å². The minimum absolute atomic E-state index is 0.369. The van der Waals surface area contributed by atoms with Crippen LogP contribution in [0.25, 0.3) is 5.57 Å². The zero-order chi connectivity index (χ0) is 19.5. The summed E-state index contributed by atoms with van der Waals surface area (Å²) in [7, 11) is 4.57. The lowest BCUT2D eigenvalue weighted by Gasteiger charge is -2.61. The Morgan fingerprint density at radius 1 is 1.04 bits per heavy atom. The summed E-state index contributed by atoms with van der Waals surface area (Å²) in [5, 5.41) is 0. The van der Waals surface area contributed by atoms with Gasteiger partial charge in [-0.1, -0.05) is 26.0 Å². The third-order valence-electron chi connectivity index (χ3n) is 9.92. The maximum Gasteiger partial charge on any atom is 0.0343 e. The second kappa shape index (κ2) is 6.69. The highest BCUT2D eigenvalue weighted by Gasteiger charge is 2.58. The van der Waals surface area contributed by atoms with Crippen LogP contribution in [0.3, 0.4) is 0 Å². The van der Waals surface area contributed by atoms with E-state index in [4.69, 9.17) is 0 Å². The van der Waals surface area contributed by atoms with Crippen molar-refractivity contribution in [3.63, 3.8) is 0 Å². The standard InChI is InChI=1S/C26H38N2/c1-25-13-11-20(28(3)4)16-19(25)7-8-21-23-10-9-22(18-6-5-15-27-17-18)26(23,2)14-12-24(21)25/h5-6,9,15,17,19-21,23-24H,7-8,10-14,16H2,1-4H3/t19-,20?,21-,23-,24-,25-,26?/m0/s1. The largest absolute Gasteiger partial charge is 0.306 e. The molecular formula is C26H38N2. The lowest BCUT2D eigenvalue weighted by Crippen LogP contribution is -2.54. The van der Waals surface area contributed by atoms with Gasteiger partial charge in [-0.25, -0.2) is 0 Å². The van der Waals surface area contributed by atoms with Crippen LogP contribution >= 0.6 is 0 Å². The predicted octanol–water partition coefficient (Wildman–Crippen LogP) is 6.05. The Hall–Kier alpha value is -1.15. The van der Waals surface area contributed by atoms with Gasteiger partial charge in [-0.15, -0.1) is 0 Å². The summed E-state index contributed by atoms with van der Waals surface area (Å²) >= 11 is 0. The normalized spacial score (nSPS) is 45.2. The van der Waals surface area contributed by atoms with Crippen LogP contribution < -0.4 is 0 Å². The molecule has 2 heteroatoms. The number of aromatic nitrogens is 1. The van der Waals surface area contributed by atoms with Crippen LogP contribution in [0.1, 0.15) is 70.8 Å². The molecule has 4 aliphatic rings. The van der Waals surface area contributed by atoms with Crippen LogP contribution in [-0.2, 0) is 0 Å². The van der Waals surface area contributed by atoms with Crippen molar-refractivity contribution >= 4 is 5.57 Å². The van der Waals surface area contributed by atoms with Gasteiger partial charge >= 0.3 is 0 Å². The monoisotopic (exact) mass is 378 g/mol. The maximum atomic E-state index is 4.42. The van der Waals surface area contributed by atoms with Crippen molar-refractivity contribution in [1.82, 2.24) is 9.88 Å². The highest BCUT2D eigenvalue weighted by molar-refractivity contribution is 5.72. The molecule has 0 aliphatic heterocycles. The Morgan fingerprint density at radius 2 is 1.89 bits per heavy atom. The molecule has 2 nitrogen and oxygen atoms in total. The third-order valence-corrected chi connectivity index (χ3v) is 9.92. The van der Waals surface area contributed by atoms with E-state index in [2.05, 4.69) is 62.2 Å². The van der Waals surface area contributed by atoms with E-state index in [1.54, 1.807) is 5.57 Å². The van der Waals surface area contributed by atoms with Gasteiger partial charge in [0.1, 0.15) is 0 Å². The zero-order valence-electron chi connectivity index (χ0n) is 18.3. The van der Waals surface area contributed by atoms with Crippen LogP contribution in [0.5, 0.6) is 0 Å². The first-order valence-electron chi connectivity index (χ1n) is 11.7. The van der Waals surface area contributed by atoms with Crippen molar-refractivity contribution in [3.05, 3.63) is 36.2 Å². The van der Waals surface area contributed by atoms with Gasteiger partial charge in [0.15, 0.2) is 0 Å². The fourth-order valence-corrected chi connectivity index (χ4v) is 8.24. The molecule has 28 heavy (non-hydrogen) atoms. The molecule has 0 N–H and O–H groups in total. The van der Waals surface area contributed by atoms with Crippen LogP contribution in [0.4, 0.5) is 0 Å². The predicted molar refractivity (Wildman–Crippen MR) is 117 cm³/mol. The molecule has 0 amide bonds. The van der Waals surface area contributed by atoms with E-state index in [1.165, 1.54) is 56.9 Å². The van der Waals surface area contributed by atoms with E-state index in [0.29, 0.717) is 10.8 Å². The molecule has 0 bridgehead atoms. The van der Waals surface area contributed by atoms with Crippen molar-refractivity contribution in [2.45, 2.75) is 71.3 Å². The van der Waals surface area contributed by atoms with E-state index in [-0.39, 0.29) is 0 Å². The number of hydrogen-bond donors (Lipinski definition) is 0. The summed E-state index contributed by atoms with van der Waals surface area (Å²) in [6.45, 7) is 5.27. The molecule has 152 valence electrons. The van der Waals surface area contributed by atoms with Crippen LogP contribution in [0, 0.1) is 34.5 Å². The van der Waals surface area contributed by atoms with Crippen LogP contribution in [0.15, 0.2) is 30.6 Å². The molecule has 0 saturated heterocycles. The number of allylic oxidation sites excluding steroid dienone is 2. The zero-order valence-corrected chi connectivity index (χ0v) is 18.3. The van der Waals surface area contributed by atoms with Gasteiger partial charge in [-0.2, -0.15) is 0 Å². The molecule has 0 spiro atoms. The van der Waals surface area contributed by atoms with Crippen molar-refractivity contribution < 1.29 is 0 Å². The van der Waals surface area contributed by atoms with Crippen molar-refractivity contribution in [1.29, 1.82) is 0 Å². The lowest BCUT2D eigenvalue weighted by atomic mass is 9.44. The molecule has 1 aromatic rings. The number of hydrogen-bond acceptors (Lipinski definition) is 2. The van der Waals surface area contributed by atoms with Gasteiger partial charge < -0.3 is 4.90 Å². The van der Waals surface area contributed by atoms with E-state index in [1.807, 2.05) is 6.20 Å².